The fourth-order valence-corrected chi connectivity index (χ4v) is 3.92. The molecule has 0 spiro atoms. The van der Waals surface area contributed by atoms with Crippen molar-refractivity contribution in [1.29, 1.82) is 0 Å². The molecule has 0 amide bonds. The summed E-state index contributed by atoms with van der Waals surface area (Å²) < 4.78 is 0. The van der Waals surface area contributed by atoms with Gasteiger partial charge in [0.25, 0.3) is 0 Å². The highest BCUT2D eigenvalue weighted by Gasteiger charge is 2.25. The molecule has 5 rings (SSSR count). The summed E-state index contributed by atoms with van der Waals surface area (Å²) in [5, 5.41) is 5.35. The van der Waals surface area contributed by atoms with Crippen molar-refractivity contribution in [2.45, 2.75) is 13.0 Å². The zero-order valence-electron chi connectivity index (χ0n) is 13.0. The third-order valence-corrected chi connectivity index (χ3v) is 4.90. The van der Waals surface area contributed by atoms with Gasteiger partial charge in [0.1, 0.15) is 0 Å². The topological polar surface area (TPSA) is 3.24 Å². The Bertz CT molecular complexity index is 1130. The lowest BCUT2D eigenvalue weighted by atomic mass is 10.1. The molecule has 1 atom stereocenters. The third kappa shape index (κ3) is 1.74. The van der Waals surface area contributed by atoms with E-state index < -0.39 is 0 Å². The van der Waals surface area contributed by atoms with E-state index in [1.165, 1.54) is 37.8 Å². The molecular formula is C22H17N. The van der Waals surface area contributed by atoms with Gasteiger partial charge in [0.05, 0.1) is 11.7 Å². The molecule has 110 valence electrons. The first-order valence-electron chi connectivity index (χ1n) is 8.13. The van der Waals surface area contributed by atoms with Crippen LogP contribution in [0.25, 0.3) is 12.2 Å². The van der Waals surface area contributed by atoms with Crippen molar-refractivity contribution >= 4 is 23.5 Å². The normalized spacial score (nSPS) is 17.1. The van der Waals surface area contributed by atoms with E-state index in [-0.39, 0.29) is 0 Å². The molecule has 1 nitrogen and oxygen atoms in total. The van der Waals surface area contributed by atoms with E-state index in [0.29, 0.717) is 6.04 Å². The first-order chi connectivity index (χ1) is 11.3. The molecule has 23 heavy (non-hydrogen) atoms. The van der Waals surface area contributed by atoms with Crippen molar-refractivity contribution in [3.8, 4) is 0 Å². The Hall–Kier alpha value is -2.80. The molecule has 0 radical (unpaired) electrons. The molecule has 1 aliphatic heterocycles. The fourth-order valence-electron chi connectivity index (χ4n) is 3.92. The van der Waals surface area contributed by atoms with E-state index in [2.05, 4.69) is 90.7 Å². The molecule has 0 fully saturated rings. The van der Waals surface area contributed by atoms with Gasteiger partial charge in [-0.2, -0.15) is 0 Å². The minimum atomic E-state index is 0.371. The fraction of sp³-hybridized carbons (Fsp3) is 0.0909. The number of hydrogen-bond donors (Lipinski definition) is 0. The summed E-state index contributed by atoms with van der Waals surface area (Å²) in [6, 6.07) is 24.3. The quantitative estimate of drug-likeness (QED) is 0.520. The molecule has 0 N–H and O–H groups in total. The predicted molar refractivity (Wildman–Crippen MR) is 95.9 cm³/mol. The smallest absolute Gasteiger partial charge is 0.0567 e. The first kappa shape index (κ1) is 12.7. The van der Waals surface area contributed by atoms with Crippen LogP contribution in [0.1, 0.15) is 12.5 Å². The van der Waals surface area contributed by atoms with Crippen molar-refractivity contribution < 1.29 is 0 Å². The van der Waals surface area contributed by atoms with Gasteiger partial charge >= 0.3 is 0 Å². The number of fused-ring (bicyclic) bond motifs is 4. The summed E-state index contributed by atoms with van der Waals surface area (Å²) in [6.07, 6.45) is 4.70. The molecule has 0 saturated heterocycles. The highest BCUT2D eigenvalue weighted by molar-refractivity contribution is 5.82. The molecule has 3 aromatic rings. The average molecular weight is 295 g/mol. The Labute approximate surface area is 135 Å². The predicted octanol–water partition coefficient (Wildman–Crippen LogP) is 3.44. The van der Waals surface area contributed by atoms with Gasteiger partial charge in [-0.25, -0.2) is 0 Å². The van der Waals surface area contributed by atoms with E-state index in [9.17, 15) is 0 Å². The van der Waals surface area contributed by atoms with Crippen LogP contribution in [0.15, 0.2) is 66.7 Å². The zero-order valence-corrected chi connectivity index (χ0v) is 13.0. The van der Waals surface area contributed by atoms with Crippen molar-refractivity contribution in [3.05, 3.63) is 93.2 Å². The van der Waals surface area contributed by atoms with Gasteiger partial charge in [-0.05, 0) is 46.0 Å². The van der Waals surface area contributed by atoms with Gasteiger partial charge in [-0.15, -0.1) is 0 Å². The second-order valence-corrected chi connectivity index (χ2v) is 6.31. The van der Waals surface area contributed by atoms with Crippen LogP contribution in [-0.2, 0) is 0 Å². The number of para-hydroxylation sites is 1. The SMILES string of the molecule is CC1C=c2ccc3c(c2N1c1ccccc1)C=c1ccccc1=3. The average Bonchev–Trinajstić information content (AvgIpc) is 3.12. The lowest BCUT2D eigenvalue weighted by Crippen LogP contribution is -2.24. The van der Waals surface area contributed by atoms with Crippen LogP contribution < -0.4 is 15.3 Å². The van der Waals surface area contributed by atoms with Crippen molar-refractivity contribution in [1.82, 2.24) is 0 Å². The molecule has 2 aliphatic rings. The standard InChI is InChI=1S/C22H17N/c1-15-13-17-11-12-20-19-10-6-5-7-16(19)14-21(20)22(17)23(15)18-8-3-2-4-9-18/h2-15H,1H3. The summed E-state index contributed by atoms with van der Waals surface area (Å²) in [7, 11) is 0. The molecule has 3 aromatic carbocycles. The Morgan fingerprint density at radius 1 is 0.739 bits per heavy atom. The van der Waals surface area contributed by atoms with Gasteiger partial charge in [-0.1, -0.05) is 60.7 Å². The molecule has 1 unspecified atom stereocenters. The Balaban J connectivity index is 1.86. The van der Waals surface area contributed by atoms with Crippen LogP contribution in [0.2, 0.25) is 0 Å². The molecule has 1 aliphatic carbocycles. The minimum Gasteiger partial charge on any atom is -0.334 e. The van der Waals surface area contributed by atoms with E-state index in [0.717, 1.165) is 0 Å². The van der Waals surface area contributed by atoms with Crippen LogP contribution in [0.4, 0.5) is 11.4 Å². The molecular weight excluding hydrogens is 278 g/mol. The second kappa shape index (κ2) is 4.60. The maximum atomic E-state index is 2.45. The number of anilines is 2. The van der Waals surface area contributed by atoms with E-state index in [1.54, 1.807) is 0 Å². The lowest BCUT2D eigenvalue weighted by molar-refractivity contribution is 0.924. The monoisotopic (exact) mass is 295 g/mol. The Kier molecular flexibility index (Phi) is 2.54. The molecule has 0 bridgehead atoms. The summed E-state index contributed by atoms with van der Waals surface area (Å²) >= 11 is 0. The van der Waals surface area contributed by atoms with Crippen molar-refractivity contribution in [2.75, 3.05) is 4.90 Å². The Morgan fingerprint density at radius 3 is 2.39 bits per heavy atom. The summed E-state index contributed by atoms with van der Waals surface area (Å²) in [4.78, 5) is 2.45. The van der Waals surface area contributed by atoms with Crippen molar-refractivity contribution in [3.63, 3.8) is 0 Å². The van der Waals surface area contributed by atoms with Crippen LogP contribution in [0, 0.1) is 10.4 Å². The maximum Gasteiger partial charge on any atom is 0.0567 e. The first-order valence-corrected chi connectivity index (χ1v) is 8.13. The second-order valence-electron chi connectivity index (χ2n) is 6.31. The van der Waals surface area contributed by atoms with Crippen LogP contribution >= 0.6 is 0 Å². The Morgan fingerprint density at radius 2 is 1.52 bits per heavy atom. The number of benzene rings is 3. The largest absolute Gasteiger partial charge is 0.334 e. The minimum absolute atomic E-state index is 0.371. The highest BCUT2D eigenvalue weighted by Crippen LogP contribution is 2.33. The van der Waals surface area contributed by atoms with Crippen LogP contribution in [0.5, 0.6) is 0 Å². The zero-order chi connectivity index (χ0) is 15.4. The number of rotatable bonds is 1. The van der Waals surface area contributed by atoms with E-state index in [1.807, 2.05) is 0 Å². The number of hydrogen-bond acceptors (Lipinski definition) is 1. The van der Waals surface area contributed by atoms with Gasteiger partial charge < -0.3 is 4.90 Å². The van der Waals surface area contributed by atoms with Gasteiger partial charge in [0.15, 0.2) is 0 Å². The molecule has 1 heteroatoms. The molecule has 0 saturated carbocycles. The van der Waals surface area contributed by atoms with Crippen LogP contribution in [-0.4, -0.2) is 6.04 Å². The highest BCUT2D eigenvalue weighted by atomic mass is 15.2. The summed E-state index contributed by atoms with van der Waals surface area (Å²) in [6.45, 7) is 2.27. The molecule has 0 aromatic heterocycles. The van der Waals surface area contributed by atoms with Gasteiger partial charge in [0.2, 0.25) is 0 Å². The van der Waals surface area contributed by atoms with E-state index in [4.69, 9.17) is 0 Å². The maximum absolute atomic E-state index is 2.45. The summed E-state index contributed by atoms with van der Waals surface area (Å²) in [5.41, 5.74) is 3.96. The third-order valence-electron chi connectivity index (χ3n) is 4.90. The van der Waals surface area contributed by atoms with Gasteiger partial charge in [0, 0.05) is 11.3 Å². The van der Waals surface area contributed by atoms with E-state index >= 15 is 0 Å². The van der Waals surface area contributed by atoms with Gasteiger partial charge in [-0.3, -0.25) is 0 Å². The summed E-state index contributed by atoms with van der Waals surface area (Å²) in [5.74, 6) is 0. The molecule has 1 heterocycles. The lowest BCUT2D eigenvalue weighted by Gasteiger charge is -2.26. The van der Waals surface area contributed by atoms with Crippen LogP contribution in [0.3, 0.4) is 0 Å². The number of nitrogens with zero attached hydrogens (tertiary/aromatic N) is 1. The van der Waals surface area contributed by atoms with Crippen molar-refractivity contribution in [2.24, 2.45) is 0 Å².